The molecule has 0 aliphatic rings. The number of ether oxygens (including phenoxy) is 2. The fourth-order valence-corrected chi connectivity index (χ4v) is 4.10. The van der Waals surface area contributed by atoms with Gasteiger partial charge in [0.15, 0.2) is 23.2 Å². The number of carbonyl (C=O) groups is 1. The number of hydrogen-bond acceptors (Lipinski definition) is 6. The van der Waals surface area contributed by atoms with Crippen LogP contribution in [0.15, 0.2) is 53.9 Å². The smallest absolute Gasteiger partial charge is 0.266 e. The number of rotatable bonds is 11. The molecule has 7 heteroatoms. The van der Waals surface area contributed by atoms with Gasteiger partial charge in [0.1, 0.15) is 0 Å². The number of carbonyl (C=O) groups excluding carboxylic acids is 1. The second-order valence-corrected chi connectivity index (χ2v) is 8.09. The number of nitriles is 1. The SMILES string of the molecule is CCCCCCN(C(=O)COc1ccc(C#N)cc1OC)c1nc(-c2ccccc2)cs1. The number of unbranched alkanes of at least 4 members (excludes halogenated alkanes) is 3. The quantitative estimate of drug-likeness (QED) is 0.352. The van der Waals surface area contributed by atoms with Crippen molar-refractivity contribution in [1.82, 2.24) is 4.98 Å². The van der Waals surface area contributed by atoms with E-state index in [0.29, 0.717) is 28.7 Å². The number of anilines is 1. The van der Waals surface area contributed by atoms with Gasteiger partial charge in [0, 0.05) is 23.6 Å². The summed E-state index contributed by atoms with van der Waals surface area (Å²) in [7, 11) is 1.51. The lowest BCUT2D eigenvalue weighted by molar-refractivity contribution is -0.120. The van der Waals surface area contributed by atoms with Gasteiger partial charge in [-0.1, -0.05) is 56.5 Å². The Hall–Kier alpha value is -3.37. The van der Waals surface area contributed by atoms with Crippen molar-refractivity contribution < 1.29 is 14.3 Å². The normalized spacial score (nSPS) is 10.4. The van der Waals surface area contributed by atoms with Gasteiger partial charge in [0.05, 0.1) is 24.4 Å². The van der Waals surface area contributed by atoms with E-state index in [1.165, 1.54) is 18.4 Å². The summed E-state index contributed by atoms with van der Waals surface area (Å²) >= 11 is 1.46. The van der Waals surface area contributed by atoms with Gasteiger partial charge in [0.2, 0.25) is 0 Å². The first-order valence-corrected chi connectivity index (χ1v) is 11.6. The molecule has 0 aliphatic heterocycles. The Kier molecular flexibility index (Phi) is 8.64. The van der Waals surface area contributed by atoms with Gasteiger partial charge in [-0.2, -0.15) is 5.26 Å². The largest absolute Gasteiger partial charge is 0.493 e. The standard InChI is InChI=1S/C25H27N3O3S/c1-3-4-5-9-14-28(25-27-21(18-32-25)20-10-7-6-8-11-20)24(29)17-31-22-13-12-19(16-26)15-23(22)30-2/h6-8,10-13,15,18H,3-5,9,14,17H2,1-2H3. The minimum absolute atomic E-state index is 0.143. The summed E-state index contributed by atoms with van der Waals surface area (Å²) in [5.41, 5.74) is 2.34. The number of hydrogen-bond donors (Lipinski definition) is 0. The van der Waals surface area contributed by atoms with E-state index >= 15 is 0 Å². The zero-order valence-corrected chi connectivity index (χ0v) is 19.2. The highest BCUT2D eigenvalue weighted by molar-refractivity contribution is 7.14. The molecule has 0 radical (unpaired) electrons. The molecule has 0 saturated heterocycles. The van der Waals surface area contributed by atoms with Crippen molar-refractivity contribution >= 4 is 22.4 Å². The molecule has 166 valence electrons. The van der Waals surface area contributed by atoms with Crippen LogP contribution in [-0.2, 0) is 4.79 Å². The Morgan fingerprint density at radius 3 is 2.66 bits per heavy atom. The zero-order chi connectivity index (χ0) is 22.8. The Labute approximate surface area is 193 Å². The summed E-state index contributed by atoms with van der Waals surface area (Å²) < 4.78 is 11.1. The van der Waals surface area contributed by atoms with Crippen LogP contribution < -0.4 is 14.4 Å². The average Bonchev–Trinajstić information content (AvgIpc) is 3.33. The summed E-state index contributed by atoms with van der Waals surface area (Å²) in [4.78, 5) is 19.6. The van der Waals surface area contributed by atoms with Gasteiger partial charge >= 0.3 is 0 Å². The summed E-state index contributed by atoms with van der Waals surface area (Å²) in [6.07, 6.45) is 4.22. The van der Waals surface area contributed by atoms with E-state index in [2.05, 4.69) is 13.0 Å². The summed E-state index contributed by atoms with van der Waals surface area (Å²) in [6, 6.07) is 16.9. The predicted molar refractivity (Wildman–Crippen MR) is 127 cm³/mol. The first-order valence-electron chi connectivity index (χ1n) is 10.7. The van der Waals surface area contributed by atoms with Crippen LogP contribution in [0, 0.1) is 11.3 Å². The van der Waals surface area contributed by atoms with Gasteiger partial charge in [-0.25, -0.2) is 4.98 Å². The fraction of sp³-hybridized carbons (Fsp3) is 0.320. The molecule has 0 N–H and O–H groups in total. The zero-order valence-electron chi connectivity index (χ0n) is 18.4. The molecular weight excluding hydrogens is 422 g/mol. The number of methoxy groups -OCH3 is 1. The van der Waals surface area contributed by atoms with Crippen molar-refractivity contribution in [2.24, 2.45) is 0 Å². The Balaban J connectivity index is 1.74. The molecule has 0 unspecified atom stereocenters. The fourth-order valence-electron chi connectivity index (χ4n) is 3.23. The average molecular weight is 450 g/mol. The van der Waals surface area contributed by atoms with Crippen LogP contribution in [-0.4, -0.2) is 31.2 Å². The molecule has 3 rings (SSSR count). The van der Waals surface area contributed by atoms with E-state index in [1.807, 2.05) is 35.7 Å². The molecule has 1 amide bonds. The molecule has 0 bridgehead atoms. The van der Waals surface area contributed by atoms with Crippen LogP contribution in [0.5, 0.6) is 11.5 Å². The molecular formula is C25H27N3O3S. The van der Waals surface area contributed by atoms with E-state index in [0.717, 1.165) is 36.9 Å². The minimum atomic E-state index is -0.165. The van der Waals surface area contributed by atoms with Gasteiger partial charge in [-0.05, 0) is 18.6 Å². The maximum Gasteiger partial charge on any atom is 0.266 e. The highest BCUT2D eigenvalue weighted by Gasteiger charge is 2.20. The Morgan fingerprint density at radius 1 is 1.12 bits per heavy atom. The molecule has 6 nitrogen and oxygen atoms in total. The molecule has 1 aromatic heterocycles. The molecule has 0 fully saturated rings. The summed E-state index contributed by atoms with van der Waals surface area (Å²) in [6.45, 7) is 2.61. The first kappa shape index (κ1) is 23.3. The highest BCUT2D eigenvalue weighted by atomic mass is 32.1. The van der Waals surface area contributed by atoms with Crippen LogP contribution in [0.25, 0.3) is 11.3 Å². The van der Waals surface area contributed by atoms with Gasteiger partial charge < -0.3 is 9.47 Å². The predicted octanol–water partition coefficient (Wildman–Crippen LogP) is 5.68. The molecule has 3 aromatic rings. The number of amides is 1. The van der Waals surface area contributed by atoms with E-state index in [9.17, 15) is 4.79 Å². The molecule has 0 aliphatic carbocycles. The van der Waals surface area contributed by atoms with Gasteiger partial charge in [0.25, 0.3) is 5.91 Å². The van der Waals surface area contributed by atoms with Crippen molar-refractivity contribution in [2.45, 2.75) is 32.6 Å². The maximum atomic E-state index is 13.1. The van der Waals surface area contributed by atoms with Crippen molar-refractivity contribution in [3.8, 4) is 28.8 Å². The number of aromatic nitrogens is 1. The van der Waals surface area contributed by atoms with E-state index in [1.54, 1.807) is 23.1 Å². The Bertz CT molecular complexity index is 1060. The third-order valence-electron chi connectivity index (χ3n) is 4.97. The monoisotopic (exact) mass is 449 g/mol. The summed E-state index contributed by atoms with van der Waals surface area (Å²) in [5.74, 6) is 0.684. The third kappa shape index (κ3) is 6.08. The van der Waals surface area contributed by atoms with E-state index < -0.39 is 0 Å². The second-order valence-electron chi connectivity index (χ2n) is 7.25. The Morgan fingerprint density at radius 2 is 1.94 bits per heavy atom. The molecule has 2 aromatic carbocycles. The van der Waals surface area contributed by atoms with Crippen LogP contribution in [0.3, 0.4) is 0 Å². The molecule has 0 atom stereocenters. The third-order valence-corrected chi connectivity index (χ3v) is 5.84. The van der Waals surface area contributed by atoms with Crippen molar-refractivity contribution in [3.05, 3.63) is 59.5 Å². The molecule has 0 saturated carbocycles. The lowest BCUT2D eigenvalue weighted by atomic mass is 10.2. The number of thiazole rings is 1. The van der Waals surface area contributed by atoms with Crippen LogP contribution in [0.2, 0.25) is 0 Å². The minimum Gasteiger partial charge on any atom is -0.493 e. The highest BCUT2D eigenvalue weighted by Crippen LogP contribution is 2.30. The van der Waals surface area contributed by atoms with Gasteiger partial charge in [-0.3, -0.25) is 9.69 Å². The lowest BCUT2D eigenvalue weighted by Gasteiger charge is -2.20. The number of benzene rings is 2. The first-order chi connectivity index (χ1) is 15.7. The van der Waals surface area contributed by atoms with Crippen molar-refractivity contribution in [2.75, 3.05) is 25.2 Å². The number of nitrogens with zero attached hydrogens (tertiary/aromatic N) is 3. The molecule has 0 spiro atoms. The van der Waals surface area contributed by atoms with Crippen molar-refractivity contribution in [1.29, 1.82) is 5.26 Å². The maximum absolute atomic E-state index is 13.1. The topological polar surface area (TPSA) is 75.5 Å². The molecule has 1 heterocycles. The van der Waals surface area contributed by atoms with Crippen molar-refractivity contribution in [3.63, 3.8) is 0 Å². The van der Waals surface area contributed by atoms with Crippen LogP contribution in [0.1, 0.15) is 38.2 Å². The van der Waals surface area contributed by atoms with Gasteiger partial charge in [-0.15, -0.1) is 11.3 Å². The van der Waals surface area contributed by atoms with E-state index in [-0.39, 0.29) is 12.5 Å². The second kappa shape index (κ2) is 11.9. The van der Waals surface area contributed by atoms with Crippen LogP contribution >= 0.6 is 11.3 Å². The summed E-state index contributed by atoms with van der Waals surface area (Å²) in [5, 5.41) is 11.7. The van der Waals surface area contributed by atoms with Crippen LogP contribution in [0.4, 0.5) is 5.13 Å². The van der Waals surface area contributed by atoms with E-state index in [4.69, 9.17) is 19.7 Å². The lowest BCUT2D eigenvalue weighted by Crippen LogP contribution is -2.35. The molecule has 32 heavy (non-hydrogen) atoms.